The highest BCUT2D eigenvalue weighted by Crippen LogP contribution is 2.14. The molecule has 1 aromatic heterocycles. The van der Waals surface area contributed by atoms with Gasteiger partial charge in [-0.15, -0.1) is 0 Å². The molecule has 0 fully saturated rings. The second-order valence-corrected chi connectivity index (χ2v) is 2.91. The smallest absolute Gasteiger partial charge is 0.339 e. The summed E-state index contributed by atoms with van der Waals surface area (Å²) in [5.41, 5.74) is 2.01. The van der Waals surface area contributed by atoms with E-state index >= 15 is 0 Å². The molecule has 1 heterocycles. The number of pyridine rings is 1. The molecule has 0 aliphatic rings. The Morgan fingerprint density at radius 2 is 1.94 bits per heavy atom. The summed E-state index contributed by atoms with van der Waals surface area (Å²) < 4.78 is 4.56. The first-order valence-corrected chi connectivity index (χ1v) is 5.11. The summed E-state index contributed by atoms with van der Waals surface area (Å²) in [6, 6.07) is 0. The second-order valence-electron chi connectivity index (χ2n) is 2.91. The van der Waals surface area contributed by atoms with Gasteiger partial charge in [-0.3, -0.25) is 9.78 Å². The first-order chi connectivity index (χ1) is 7.61. The van der Waals surface area contributed by atoms with Crippen LogP contribution in [0.3, 0.4) is 0 Å². The van der Waals surface area contributed by atoms with Crippen LogP contribution in [0, 0.1) is 13.8 Å². The van der Waals surface area contributed by atoms with Crippen molar-refractivity contribution >= 4 is 12.3 Å². The molecule has 0 N–H and O–H groups in total. The van der Waals surface area contributed by atoms with E-state index in [1.54, 1.807) is 13.8 Å². The van der Waals surface area contributed by atoms with Gasteiger partial charge in [-0.05, 0) is 19.4 Å². The predicted molar refractivity (Wildman–Crippen MR) is 61.8 cm³/mol. The summed E-state index contributed by atoms with van der Waals surface area (Å²) in [5.74, 6) is -0.474. The zero-order valence-electron chi connectivity index (χ0n) is 10.3. The maximum atomic E-state index is 11.2. The van der Waals surface area contributed by atoms with Crippen LogP contribution in [0.15, 0.2) is 6.20 Å². The third kappa shape index (κ3) is 2.89. The Balaban J connectivity index is 0.00000106. The lowest BCUT2D eigenvalue weighted by Gasteiger charge is -2.07. The van der Waals surface area contributed by atoms with Gasteiger partial charge in [0.1, 0.15) is 0 Å². The third-order valence-corrected chi connectivity index (χ3v) is 2.11. The van der Waals surface area contributed by atoms with Gasteiger partial charge < -0.3 is 4.74 Å². The number of aldehydes is 1. The highest BCUT2D eigenvalue weighted by atomic mass is 16.5. The fraction of sp³-hybridized carbons (Fsp3) is 0.417. The number of nitrogens with zero attached hydrogens (tertiary/aromatic N) is 1. The van der Waals surface area contributed by atoms with Crippen molar-refractivity contribution in [1.29, 1.82) is 0 Å². The third-order valence-electron chi connectivity index (χ3n) is 2.11. The van der Waals surface area contributed by atoms with Crippen molar-refractivity contribution in [1.82, 2.24) is 4.98 Å². The summed E-state index contributed by atoms with van der Waals surface area (Å²) in [7, 11) is 1.29. The van der Waals surface area contributed by atoms with Crippen LogP contribution >= 0.6 is 0 Å². The number of hydrogen-bond acceptors (Lipinski definition) is 4. The average molecular weight is 223 g/mol. The number of rotatable bonds is 2. The minimum Gasteiger partial charge on any atom is -0.465 e. The van der Waals surface area contributed by atoms with Gasteiger partial charge in [0.15, 0.2) is 6.29 Å². The van der Waals surface area contributed by atoms with E-state index < -0.39 is 5.97 Å². The number of esters is 1. The molecule has 0 saturated heterocycles. The Morgan fingerprint density at radius 3 is 2.38 bits per heavy atom. The summed E-state index contributed by atoms with van der Waals surface area (Å²) in [5, 5.41) is 0. The van der Waals surface area contributed by atoms with Crippen molar-refractivity contribution in [2.24, 2.45) is 0 Å². The Kier molecular flexibility index (Phi) is 6.00. The number of aryl methyl sites for hydroxylation is 1. The van der Waals surface area contributed by atoms with E-state index in [1.807, 2.05) is 13.8 Å². The lowest BCUT2D eigenvalue weighted by atomic mass is 10.0. The molecular formula is C12H17NO3. The van der Waals surface area contributed by atoms with Gasteiger partial charge in [0.2, 0.25) is 0 Å². The van der Waals surface area contributed by atoms with Gasteiger partial charge >= 0.3 is 5.97 Å². The molecule has 0 aliphatic carbocycles. The van der Waals surface area contributed by atoms with E-state index in [4.69, 9.17) is 0 Å². The molecule has 0 aliphatic heterocycles. The number of carbonyl (C=O) groups excluding carboxylic acids is 2. The van der Waals surface area contributed by atoms with Gasteiger partial charge in [0.25, 0.3) is 0 Å². The number of hydrogen-bond donors (Lipinski definition) is 0. The molecule has 0 spiro atoms. The van der Waals surface area contributed by atoms with Crippen LogP contribution in [0.1, 0.15) is 45.8 Å². The van der Waals surface area contributed by atoms with Crippen molar-refractivity contribution in [3.05, 3.63) is 28.6 Å². The molecular weight excluding hydrogens is 206 g/mol. The monoisotopic (exact) mass is 223 g/mol. The molecule has 0 amide bonds. The fourth-order valence-electron chi connectivity index (χ4n) is 1.23. The standard InChI is InChI=1S/C10H11NO3.C2H6/c1-6-8(10(13)14-3)4-11-7(2)9(6)5-12;1-2/h4-5H,1-3H3;1-2H3. The Hall–Kier alpha value is -1.71. The van der Waals surface area contributed by atoms with E-state index in [9.17, 15) is 9.59 Å². The van der Waals surface area contributed by atoms with E-state index in [2.05, 4.69) is 9.72 Å². The molecule has 0 radical (unpaired) electrons. The lowest BCUT2D eigenvalue weighted by Crippen LogP contribution is -2.08. The molecule has 1 aromatic rings. The van der Waals surface area contributed by atoms with Crippen LogP contribution in [-0.4, -0.2) is 24.3 Å². The molecule has 1 rings (SSSR count). The first-order valence-electron chi connectivity index (χ1n) is 5.11. The fourth-order valence-corrected chi connectivity index (χ4v) is 1.23. The van der Waals surface area contributed by atoms with Crippen LogP contribution in [0.5, 0.6) is 0 Å². The molecule has 0 bridgehead atoms. The largest absolute Gasteiger partial charge is 0.465 e. The van der Waals surface area contributed by atoms with E-state index in [0.717, 1.165) is 0 Å². The molecule has 4 heteroatoms. The molecule has 0 unspecified atom stereocenters. The normalized spacial score (nSPS) is 8.81. The highest BCUT2D eigenvalue weighted by Gasteiger charge is 2.14. The number of aromatic nitrogens is 1. The molecule has 16 heavy (non-hydrogen) atoms. The van der Waals surface area contributed by atoms with Gasteiger partial charge in [0.05, 0.1) is 12.7 Å². The molecule has 0 atom stereocenters. The molecule has 0 aromatic carbocycles. The molecule has 88 valence electrons. The number of methoxy groups -OCH3 is 1. The first kappa shape index (κ1) is 14.3. The predicted octanol–water partition coefficient (Wildman–Crippen LogP) is 2.32. The lowest BCUT2D eigenvalue weighted by molar-refractivity contribution is 0.0599. The zero-order chi connectivity index (χ0) is 12.7. The topological polar surface area (TPSA) is 56.3 Å². The van der Waals surface area contributed by atoms with E-state index in [1.165, 1.54) is 13.3 Å². The number of ether oxygens (including phenoxy) is 1. The minimum absolute atomic E-state index is 0.334. The maximum absolute atomic E-state index is 11.2. The number of carbonyl (C=O) groups is 2. The van der Waals surface area contributed by atoms with Gasteiger partial charge in [0, 0.05) is 17.5 Å². The van der Waals surface area contributed by atoms with Crippen molar-refractivity contribution < 1.29 is 14.3 Å². The minimum atomic E-state index is -0.474. The Morgan fingerprint density at radius 1 is 1.38 bits per heavy atom. The van der Waals surface area contributed by atoms with Crippen LogP contribution in [0.4, 0.5) is 0 Å². The van der Waals surface area contributed by atoms with Gasteiger partial charge in [-0.2, -0.15) is 0 Å². The van der Waals surface area contributed by atoms with Gasteiger partial charge in [-0.25, -0.2) is 4.79 Å². The van der Waals surface area contributed by atoms with E-state index in [0.29, 0.717) is 28.7 Å². The second kappa shape index (κ2) is 6.71. The average Bonchev–Trinajstić information content (AvgIpc) is 2.31. The maximum Gasteiger partial charge on any atom is 0.339 e. The summed E-state index contributed by atoms with van der Waals surface area (Å²) in [4.78, 5) is 25.9. The summed E-state index contributed by atoms with van der Waals surface area (Å²) in [6.07, 6.45) is 2.12. The summed E-state index contributed by atoms with van der Waals surface area (Å²) in [6.45, 7) is 7.42. The Labute approximate surface area is 95.6 Å². The molecule has 4 nitrogen and oxygen atoms in total. The van der Waals surface area contributed by atoms with Crippen LogP contribution in [0.25, 0.3) is 0 Å². The Bertz CT molecular complexity index is 386. The van der Waals surface area contributed by atoms with Crippen molar-refractivity contribution in [2.45, 2.75) is 27.7 Å². The molecule has 0 saturated carbocycles. The van der Waals surface area contributed by atoms with Gasteiger partial charge in [-0.1, -0.05) is 13.8 Å². The van der Waals surface area contributed by atoms with Crippen molar-refractivity contribution in [3.8, 4) is 0 Å². The SMILES string of the molecule is CC.COC(=O)c1cnc(C)c(C=O)c1C. The van der Waals surface area contributed by atoms with Crippen molar-refractivity contribution in [2.75, 3.05) is 7.11 Å². The van der Waals surface area contributed by atoms with Crippen LogP contribution < -0.4 is 0 Å². The highest BCUT2D eigenvalue weighted by molar-refractivity contribution is 5.93. The summed E-state index contributed by atoms with van der Waals surface area (Å²) >= 11 is 0. The van der Waals surface area contributed by atoms with Crippen LogP contribution in [0.2, 0.25) is 0 Å². The quantitative estimate of drug-likeness (QED) is 0.570. The zero-order valence-corrected chi connectivity index (χ0v) is 10.3. The van der Waals surface area contributed by atoms with E-state index in [-0.39, 0.29) is 0 Å². The van der Waals surface area contributed by atoms with Crippen LogP contribution in [-0.2, 0) is 4.74 Å². The van der Waals surface area contributed by atoms with Crippen molar-refractivity contribution in [3.63, 3.8) is 0 Å².